The standard InChI is InChI=1S/C26H22N4O3/c27-14-18-1-3-19(4-2-18)24-15-28-25-8-6-21(16-30(24)25)20-5-7-23(22(13-20)17-31)26(32)29-9-11-33-12-10-29/h1-8,13,15-16,31H,9-12,17H2. The summed E-state index contributed by atoms with van der Waals surface area (Å²) in [7, 11) is 0. The van der Waals surface area contributed by atoms with E-state index in [1.807, 2.05) is 53.2 Å². The third-order valence-corrected chi connectivity index (χ3v) is 5.95. The Kier molecular flexibility index (Phi) is 5.61. The van der Waals surface area contributed by atoms with Crippen molar-refractivity contribution in [2.24, 2.45) is 0 Å². The van der Waals surface area contributed by atoms with Gasteiger partial charge in [-0.25, -0.2) is 4.98 Å². The van der Waals surface area contributed by atoms with E-state index < -0.39 is 0 Å². The summed E-state index contributed by atoms with van der Waals surface area (Å²) in [6, 6.07) is 19.0. The van der Waals surface area contributed by atoms with Gasteiger partial charge in [0, 0.05) is 30.4 Å². The summed E-state index contributed by atoms with van der Waals surface area (Å²) in [5, 5.41) is 19.0. The van der Waals surface area contributed by atoms with Crippen LogP contribution in [0.25, 0.3) is 28.0 Å². The number of amides is 1. The number of fused-ring (bicyclic) bond motifs is 1. The maximum Gasteiger partial charge on any atom is 0.254 e. The van der Waals surface area contributed by atoms with Gasteiger partial charge >= 0.3 is 0 Å². The van der Waals surface area contributed by atoms with Crippen LogP contribution in [0.3, 0.4) is 0 Å². The molecule has 4 aromatic rings. The second-order valence-corrected chi connectivity index (χ2v) is 7.91. The van der Waals surface area contributed by atoms with Crippen molar-refractivity contribution < 1.29 is 14.6 Å². The number of hydrogen-bond donors (Lipinski definition) is 1. The molecule has 1 saturated heterocycles. The minimum Gasteiger partial charge on any atom is -0.392 e. The van der Waals surface area contributed by atoms with Crippen LogP contribution in [0.5, 0.6) is 0 Å². The molecule has 3 heterocycles. The Morgan fingerprint density at radius 3 is 2.48 bits per heavy atom. The first-order valence-electron chi connectivity index (χ1n) is 10.8. The highest BCUT2D eigenvalue weighted by atomic mass is 16.5. The average molecular weight is 438 g/mol. The molecule has 0 atom stereocenters. The summed E-state index contributed by atoms with van der Waals surface area (Å²) in [5.41, 5.74) is 6.25. The Morgan fingerprint density at radius 2 is 1.76 bits per heavy atom. The summed E-state index contributed by atoms with van der Waals surface area (Å²) < 4.78 is 7.34. The number of carbonyl (C=O) groups excluding carboxylic acids is 1. The molecule has 2 aromatic heterocycles. The number of morpholine rings is 1. The largest absolute Gasteiger partial charge is 0.392 e. The molecule has 5 rings (SSSR count). The number of ether oxygens (including phenoxy) is 1. The molecule has 33 heavy (non-hydrogen) atoms. The molecule has 7 nitrogen and oxygen atoms in total. The summed E-state index contributed by atoms with van der Waals surface area (Å²) in [5.74, 6) is -0.0814. The number of rotatable bonds is 4. The predicted molar refractivity (Wildman–Crippen MR) is 123 cm³/mol. The first kappa shape index (κ1) is 20.9. The molecule has 1 fully saturated rings. The topological polar surface area (TPSA) is 90.9 Å². The lowest BCUT2D eigenvalue weighted by molar-refractivity contribution is 0.0301. The summed E-state index contributed by atoms with van der Waals surface area (Å²) in [6.45, 7) is 1.96. The molecule has 0 spiro atoms. The van der Waals surface area contributed by atoms with Crippen molar-refractivity contribution in [3.63, 3.8) is 0 Å². The van der Waals surface area contributed by atoms with E-state index in [9.17, 15) is 9.90 Å². The fourth-order valence-corrected chi connectivity index (χ4v) is 4.13. The van der Waals surface area contributed by atoms with E-state index >= 15 is 0 Å². The van der Waals surface area contributed by atoms with Crippen LogP contribution in [0.1, 0.15) is 21.5 Å². The van der Waals surface area contributed by atoms with Crippen LogP contribution in [-0.2, 0) is 11.3 Å². The second-order valence-electron chi connectivity index (χ2n) is 7.91. The van der Waals surface area contributed by atoms with Gasteiger partial charge in [-0.15, -0.1) is 0 Å². The van der Waals surface area contributed by atoms with E-state index in [4.69, 9.17) is 10.00 Å². The summed E-state index contributed by atoms with van der Waals surface area (Å²) >= 11 is 0. The molecule has 0 aliphatic carbocycles. The fraction of sp³-hybridized carbons (Fsp3) is 0.192. The Balaban J connectivity index is 1.51. The van der Waals surface area contributed by atoms with E-state index in [1.165, 1.54) is 0 Å². The van der Waals surface area contributed by atoms with Crippen LogP contribution >= 0.6 is 0 Å². The molecule has 0 radical (unpaired) electrons. The van der Waals surface area contributed by atoms with Crippen molar-refractivity contribution in [3.8, 4) is 28.5 Å². The van der Waals surface area contributed by atoms with E-state index in [1.54, 1.807) is 23.1 Å². The lowest BCUT2D eigenvalue weighted by Crippen LogP contribution is -2.41. The van der Waals surface area contributed by atoms with Gasteiger partial charge in [0.05, 0.1) is 43.3 Å². The van der Waals surface area contributed by atoms with Crippen LogP contribution in [0.15, 0.2) is 67.0 Å². The van der Waals surface area contributed by atoms with Crippen LogP contribution in [-0.4, -0.2) is 51.6 Å². The van der Waals surface area contributed by atoms with Crippen molar-refractivity contribution in [2.75, 3.05) is 26.3 Å². The van der Waals surface area contributed by atoms with Crippen molar-refractivity contribution in [2.45, 2.75) is 6.61 Å². The molecular formula is C26H22N4O3. The van der Waals surface area contributed by atoms with Crippen LogP contribution in [0.2, 0.25) is 0 Å². The third kappa shape index (κ3) is 3.98. The lowest BCUT2D eigenvalue weighted by Gasteiger charge is -2.27. The number of nitriles is 1. The monoisotopic (exact) mass is 438 g/mol. The number of nitrogens with zero attached hydrogens (tertiary/aromatic N) is 4. The van der Waals surface area contributed by atoms with Crippen molar-refractivity contribution >= 4 is 11.6 Å². The zero-order valence-corrected chi connectivity index (χ0v) is 17.9. The molecule has 0 unspecified atom stereocenters. The van der Waals surface area contributed by atoms with Gasteiger partial charge in [0.2, 0.25) is 0 Å². The number of hydrogen-bond acceptors (Lipinski definition) is 5. The van der Waals surface area contributed by atoms with E-state index in [2.05, 4.69) is 11.1 Å². The van der Waals surface area contributed by atoms with Gasteiger partial charge in [-0.1, -0.05) is 18.2 Å². The summed E-state index contributed by atoms with van der Waals surface area (Å²) in [6.07, 6.45) is 3.81. The molecule has 1 aliphatic rings. The maximum absolute atomic E-state index is 12.9. The van der Waals surface area contributed by atoms with Crippen molar-refractivity contribution in [3.05, 3.63) is 83.7 Å². The van der Waals surface area contributed by atoms with Gasteiger partial charge in [-0.3, -0.25) is 9.20 Å². The van der Waals surface area contributed by atoms with Gasteiger partial charge in [-0.2, -0.15) is 5.26 Å². The van der Waals surface area contributed by atoms with Crippen LogP contribution in [0.4, 0.5) is 0 Å². The number of imidazole rings is 1. The van der Waals surface area contributed by atoms with Crippen molar-refractivity contribution in [1.29, 1.82) is 5.26 Å². The maximum atomic E-state index is 12.9. The summed E-state index contributed by atoms with van der Waals surface area (Å²) in [4.78, 5) is 19.2. The van der Waals surface area contributed by atoms with E-state index in [-0.39, 0.29) is 12.5 Å². The fourth-order valence-electron chi connectivity index (χ4n) is 4.13. The smallest absolute Gasteiger partial charge is 0.254 e. The normalized spacial score (nSPS) is 13.8. The van der Waals surface area contributed by atoms with Gasteiger partial charge in [0.1, 0.15) is 5.65 Å². The molecule has 0 saturated carbocycles. The molecule has 7 heteroatoms. The van der Waals surface area contributed by atoms with Gasteiger partial charge in [0.15, 0.2) is 0 Å². The lowest BCUT2D eigenvalue weighted by atomic mass is 9.99. The predicted octanol–water partition coefficient (Wildman–Crippen LogP) is 3.50. The SMILES string of the molecule is N#Cc1ccc(-c2cnc3ccc(-c4ccc(C(=O)N5CCOCC5)c(CO)c4)cn23)cc1. The average Bonchev–Trinajstić information content (AvgIpc) is 3.31. The van der Waals surface area contributed by atoms with Crippen LogP contribution in [0, 0.1) is 11.3 Å². The van der Waals surface area contributed by atoms with E-state index in [0.717, 1.165) is 28.0 Å². The molecule has 1 aliphatic heterocycles. The number of benzene rings is 2. The second kappa shape index (κ2) is 8.87. The molecule has 0 bridgehead atoms. The molecule has 164 valence electrons. The van der Waals surface area contributed by atoms with Crippen LogP contribution < -0.4 is 0 Å². The van der Waals surface area contributed by atoms with Gasteiger partial charge < -0.3 is 14.7 Å². The number of aromatic nitrogens is 2. The Labute approximate surface area is 191 Å². The number of aliphatic hydroxyl groups is 1. The molecule has 1 N–H and O–H groups in total. The zero-order valence-electron chi connectivity index (χ0n) is 17.9. The number of aliphatic hydroxyl groups excluding tert-OH is 1. The highest BCUT2D eigenvalue weighted by Gasteiger charge is 2.21. The highest BCUT2D eigenvalue weighted by Crippen LogP contribution is 2.27. The first-order valence-corrected chi connectivity index (χ1v) is 10.8. The quantitative estimate of drug-likeness (QED) is 0.527. The number of pyridine rings is 1. The zero-order chi connectivity index (χ0) is 22.8. The number of carbonyl (C=O) groups is 1. The van der Waals surface area contributed by atoms with E-state index in [0.29, 0.717) is 43.0 Å². The minimum absolute atomic E-state index is 0.0814. The van der Waals surface area contributed by atoms with Gasteiger partial charge in [0.25, 0.3) is 5.91 Å². The highest BCUT2D eigenvalue weighted by molar-refractivity contribution is 5.96. The Bertz CT molecular complexity index is 1360. The third-order valence-electron chi connectivity index (χ3n) is 5.95. The minimum atomic E-state index is -0.219. The Morgan fingerprint density at radius 1 is 1.03 bits per heavy atom. The Hall–Kier alpha value is -3.99. The van der Waals surface area contributed by atoms with Crippen molar-refractivity contribution in [1.82, 2.24) is 14.3 Å². The molecular weight excluding hydrogens is 416 g/mol. The molecule has 2 aromatic carbocycles. The van der Waals surface area contributed by atoms with Gasteiger partial charge in [-0.05, 0) is 53.1 Å². The molecule has 1 amide bonds. The first-order chi connectivity index (χ1) is 16.2.